The summed E-state index contributed by atoms with van der Waals surface area (Å²) in [5.41, 5.74) is 3.51. The second-order valence-corrected chi connectivity index (χ2v) is 7.01. The molecule has 2 aromatic rings. The number of nitrogens with zero attached hydrogens (tertiary/aromatic N) is 3. The Balaban J connectivity index is 1.83. The van der Waals surface area contributed by atoms with Gasteiger partial charge in [-0.25, -0.2) is 5.01 Å². The number of methoxy groups -OCH3 is 1. The Hall–Kier alpha value is -3.22. The highest BCUT2D eigenvalue weighted by atomic mass is 16.6. The predicted octanol–water partition coefficient (Wildman–Crippen LogP) is 3.86. The van der Waals surface area contributed by atoms with E-state index in [1.807, 2.05) is 18.2 Å². The minimum absolute atomic E-state index is 0.0263. The van der Waals surface area contributed by atoms with Crippen LogP contribution >= 0.6 is 0 Å². The summed E-state index contributed by atoms with van der Waals surface area (Å²) < 4.78 is 5.32. The molecule has 0 spiro atoms. The standard InChI is InChI=1S/C21H21N3O4/c1-3-19(25)23-21(16-6-4-5-7-18(16)24(26)27)17-10-8-13-12-14(28-2)9-11-15(13)20(17)22-23/h4-7,9,11-12,17,21H,3,8,10H2,1-2H3/t17-,21+/m0/s1. The average Bonchev–Trinajstić information content (AvgIpc) is 3.12. The molecule has 1 aliphatic carbocycles. The van der Waals surface area contributed by atoms with Crippen LogP contribution in [0.5, 0.6) is 5.75 Å². The summed E-state index contributed by atoms with van der Waals surface area (Å²) in [6.07, 6.45) is 1.86. The van der Waals surface area contributed by atoms with Gasteiger partial charge in [-0.1, -0.05) is 19.1 Å². The molecule has 2 aromatic carbocycles. The Morgan fingerprint density at radius 2 is 2.11 bits per heavy atom. The number of hydrogen-bond acceptors (Lipinski definition) is 5. The smallest absolute Gasteiger partial charge is 0.274 e. The Morgan fingerprint density at radius 1 is 1.32 bits per heavy atom. The van der Waals surface area contributed by atoms with Crippen molar-refractivity contribution in [3.05, 3.63) is 69.3 Å². The number of fused-ring (bicyclic) bond motifs is 3. The quantitative estimate of drug-likeness (QED) is 0.596. The van der Waals surface area contributed by atoms with Gasteiger partial charge in [0.2, 0.25) is 5.91 Å². The van der Waals surface area contributed by atoms with E-state index < -0.39 is 6.04 Å². The molecule has 144 valence electrons. The SMILES string of the molecule is CCC(=O)N1N=C2c3ccc(OC)cc3CC[C@@H]2[C@H]1c1ccccc1[N+](=O)[O-]. The zero-order valence-corrected chi connectivity index (χ0v) is 15.8. The molecule has 1 aliphatic heterocycles. The Morgan fingerprint density at radius 3 is 2.82 bits per heavy atom. The van der Waals surface area contributed by atoms with Crippen molar-refractivity contribution in [2.24, 2.45) is 11.0 Å². The summed E-state index contributed by atoms with van der Waals surface area (Å²) in [7, 11) is 1.63. The van der Waals surface area contributed by atoms with Crippen LogP contribution in [0.3, 0.4) is 0 Å². The number of ether oxygens (including phenoxy) is 1. The molecule has 2 atom stereocenters. The normalized spacial score (nSPS) is 20.2. The highest BCUT2D eigenvalue weighted by molar-refractivity contribution is 6.07. The first-order valence-electron chi connectivity index (χ1n) is 9.36. The van der Waals surface area contributed by atoms with Gasteiger partial charge in [-0.05, 0) is 42.7 Å². The van der Waals surface area contributed by atoms with Crippen molar-refractivity contribution in [1.82, 2.24) is 5.01 Å². The van der Waals surface area contributed by atoms with Crippen molar-refractivity contribution in [3.8, 4) is 5.75 Å². The second kappa shape index (κ2) is 7.07. The van der Waals surface area contributed by atoms with E-state index in [0.29, 0.717) is 5.56 Å². The van der Waals surface area contributed by atoms with E-state index in [4.69, 9.17) is 4.74 Å². The van der Waals surface area contributed by atoms with E-state index in [1.165, 1.54) is 11.1 Å². The fourth-order valence-electron chi connectivity index (χ4n) is 4.21. The van der Waals surface area contributed by atoms with Crippen LogP contribution in [0.15, 0.2) is 47.6 Å². The number of carbonyl (C=O) groups excluding carboxylic acids is 1. The molecule has 4 rings (SSSR count). The van der Waals surface area contributed by atoms with Crippen molar-refractivity contribution in [2.75, 3.05) is 7.11 Å². The molecule has 7 nitrogen and oxygen atoms in total. The summed E-state index contributed by atoms with van der Waals surface area (Å²) in [5.74, 6) is 0.574. The van der Waals surface area contributed by atoms with Crippen molar-refractivity contribution in [2.45, 2.75) is 32.2 Å². The van der Waals surface area contributed by atoms with E-state index in [-0.39, 0.29) is 28.9 Å². The van der Waals surface area contributed by atoms with Gasteiger partial charge in [-0.2, -0.15) is 5.10 Å². The predicted molar refractivity (Wildman–Crippen MR) is 104 cm³/mol. The number of nitro benzene ring substituents is 1. The van der Waals surface area contributed by atoms with Crippen LogP contribution in [0.1, 0.15) is 42.5 Å². The largest absolute Gasteiger partial charge is 0.497 e. The Kier molecular flexibility index (Phi) is 4.58. The van der Waals surface area contributed by atoms with Crippen LogP contribution in [0, 0.1) is 16.0 Å². The highest BCUT2D eigenvalue weighted by Crippen LogP contribution is 2.46. The van der Waals surface area contributed by atoms with Gasteiger partial charge in [0.05, 0.1) is 29.4 Å². The lowest BCUT2D eigenvalue weighted by atomic mass is 9.77. The van der Waals surface area contributed by atoms with Crippen LogP contribution in [0.4, 0.5) is 5.69 Å². The van der Waals surface area contributed by atoms with Gasteiger partial charge in [0.1, 0.15) is 5.75 Å². The molecule has 0 saturated carbocycles. The second-order valence-electron chi connectivity index (χ2n) is 7.01. The number of para-hydroxylation sites is 1. The zero-order valence-electron chi connectivity index (χ0n) is 15.8. The summed E-state index contributed by atoms with van der Waals surface area (Å²) in [4.78, 5) is 23.9. The Labute approximate surface area is 162 Å². The summed E-state index contributed by atoms with van der Waals surface area (Å²) in [6, 6.07) is 12.0. The minimum atomic E-state index is -0.459. The third-order valence-corrected chi connectivity index (χ3v) is 5.53. The summed E-state index contributed by atoms with van der Waals surface area (Å²) in [6.45, 7) is 1.78. The first kappa shape index (κ1) is 18.2. The average molecular weight is 379 g/mol. The van der Waals surface area contributed by atoms with E-state index in [2.05, 4.69) is 5.10 Å². The number of carbonyl (C=O) groups is 1. The van der Waals surface area contributed by atoms with Crippen LogP contribution in [-0.2, 0) is 11.2 Å². The molecule has 1 heterocycles. The van der Waals surface area contributed by atoms with Crippen molar-refractivity contribution in [1.29, 1.82) is 0 Å². The first-order valence-corrected chi connectivity index (χ1v) is 9.36. The molecule has 7 heteroatoms. The molecule has 1 amide bonds. The number of amides is 1. The lowest BCUT2D eigenvalue weighted by Gasteiger charge is -2.29. The number of aryl methyl sites for hydroxylation is 1. The number of hydrazone groups is 1. The number of nitro groups is 1. The molecule has 0 radical (unpaired) electrons. The van der Waals surface area contributed by atoms with Gasteiger partial charge < -0.3 is 4.74 Å². The number of rotatable bonds is 4. The molecule has 28 heavy (non-hydrogen) atoms. The van der Waals surface area contributed by atoms with Gasteiger partial charge >= 0.3 is 0 Å². The lowest BCUT2D eigenvalue weighted by Crippen LogP contribution is -2.32. The lowest BCUT2D eigenvalue weighted by molar-refractivity contribution is -0.386. The molecule has 0 saturated heterocycles. The van der Waals surface area contributed by atoms with Crippen molar-refractivity contribution < 1.29 is 14.5 Å². The van der Waals surface area contributed by atoms with E-state index in [9.17, 15) is 14.9 Å². The molecule has 0 N–H and O–H groups in total. The molecular weight excluding hydrogens is 358 g/mol. The molecule has 0 bridgehead atoms. The fraction of sp³-hybridized carbons (Fsp3) is 0.333. The van der Waals surface area contributed by atoms with Gasteiger partial charge in [-0.3, -0.25) is 14.9 Å². The molecule has 2 aliphatic rings. The Bertz CT molecular complexity index is 985. The van der Waals surface area contributed by atoms with E-state index in [0.717, 1.165) is 35.4 Å². The van der Waals surface area contributed by atoms with Crippen LogP contribution in [0.2, 0.25) is 0 Å². The highest BCUT2D eigenvalue weighted by Gasteiger charge is 2.45. The maximum Gasteiger partial charge on any atom is 0.274 e. The summed E-state index contributed by atoms with van der Waals surface area (Å²) in [5, 5.41) is 17.7. The van der Waals surface area contributed by atoms with Crippen molar-refractivity contribution >= 4 is 17.3 Å². The van der Waals surface area contributed by atoms with Gasteiger partial charge in [0.25, 0.3) is 5.69 Å². The minimum Gasteiger partial charge on any atom is -0.497 e. The topological polar surface area (TPSA) is 85.0 Å². The zero-order chi connectivity index (χ0) is 19.8. The molecular formula is C21H21N3O4. The van der Waals surface area contributed by atoms with Crippen molar-refractivity contribution in [3.63, 3.8) is 0 Å². The monoisotopic (exact) mass is 379 g/mol. The van der Waals surface area contributed by atoms with E-state index >= 15 is 0 Å². The first-order chi connectivity index (χ1) is 13.5. The molecule has 0 unspecified atom stereocenters. The number of hydrogen-bond donors (Lipinski definition) is 0. The molecule has 0 fully saturated rings. The van der Waals surface area contributed by atoms with Crippen LogP contribution < -0.4 is 4.74 Å². The van der Waals surface area contributed by atoms with Gasteiger partial charge in [-0.15, -0.1) is 0 Å². The third-order valence-electron chi connectivity index (χ3n) is 5.53. The van der Waals surface area contributed by atoms with Gasteiger partial charge in [0.15, 0.2) is 0 Å². The third kappa shape index (κ3) is 2.83. The van der Waals surface area contributed by atoms with Crippen LogP contribution in [0.25, 0.3) is 0 Å². The maximum atomic E-state index is 12.7. The number of benzene rings is 2. The summed E-state index contributed by atoms with van der Waals surface area (Å²) >= 11 is 0. The fourth-order valence-corrected chi connectivity index (χ4v) is 4.21. The van der Waals surface area contributed by atoms with Gasteiger partial charge in [0, 0.05) is 24.0 Å². The molecule has 0 aromatic heterocycles. The maximum absolute atomic E-state index is 12.7. The van der Waals surface area contributed by atoms with Crippen LogP contribution in [-0.4, -0.2) is 28.7 Å². The van der Waals surface area contributed by atoms with E-state index in [1.54, 1.807) is 32.2 Å².